The average molecular weight is 401 g/mol. The molecule has 0 aliphatic rings. The van der Waals surface area contributed by atoms with Gasteiger partial charge in [-0.15, -0.1) is 0 Å². The highest BCUT2D eigenvalue weighted by molar-refractivity contribution is 5.92. The first-order valence-electron chi connectivity index (χ1n) is 10.3. The third-order valence-electron chi connectivity index (χ3n) is 5.09. The Balaban J connectivity index is 1.65. The molecule has 0 aliphatic heterocycles. The van der Waals surface area contributed by atoms with Crippen molar-refractivity contribution in [1.29, 1.82) is 0 Å². The number of pyridine rings is 1. The van der Waals surface area contributed by atoms with E-state index in [1.54, 1.807) is 0 Å². The van der Waals surface area contributed by atoms with Crippen molar-refractivity contribution in [2.75, 3.05) is 27.2 Å². The van der Waals surface area contributed by atoms with Crippen molar-refractivity contribution < 1.29 is 4.74 Å². The summed E-state index contributed by atoms with van der Waals surface area (Å²) in [7, 11) is 4.15. The normalized spacial score (nSPS) is 11.4. The van der Waals surface area contributed by atoms with Crippen molar-refractivity contribution in [3.8, 4) is 22.7 Å². The minimum atomic E-state index is 0.714. The minimum absolute atomic E-state index is 0.714. The molecule has 4 aromatic rings. The molecule has 0 bridgehead atoms. The van der Waals surface area contributed by atoms with Gasteiger partial charge in [-0.2, -0.15) is 5.10 Å². The van der Waals surface area contributed by atoms with Crippen molar-refractivity contribution in [2.45, 2.75) is 20.3 Å². The van der Waals surface area contributed by atoms with E-state index in [2.05, 4.69) is 68.4 Å². The zero-order valence-electron chi connectivity index (χ0n) is 18.1. The van der Waals surface area contributed by atoms with Crippen LogP contribution in [0.1, 0.15) is 17.7 Å². The van der Waals surface area contributed by atoms with Crippen LogP contribution in [0, 0.1) is 13.8 Å². The molecule has 0 aliphatic carbocycles. The third-order valence-corrected chi connectivity index (χ3v) is 5.09. The van der Waals surface area contributed by atoms with Gasteiger partial charge in [0.2, 0.25) is 0 Å². The van der Waals surface area contributed by atoms with Crippen LogP contribution in [-0.4, -0.2) is 46.9 Å². The molecule has 0 fully saturated rings. The zero-order valence-corrected chi connectivity index (χ0v) is 18.1. The zero-order chi connectivity index (χ0) is 21.1. The van der Waals surface area contributed by atoms with Gasteiger partial charge in [0.1, 0.15) is 11.4 Å². The van der Waals surface area contributed by atoms with Crippen LogP contribution >= 0.6 is 0 Å². The molecule has 4 rings (SSSR count). The number of nitrogens with zero attached hydrogens (tertiary/aromatic N) is 4. The van der Waals surface area contributed by atoms with Crippen molar-refractivity contribution in [3.63, 3.8) is 0 Å². The lowest BCUT2D eigenvalue weighted by Crippen LogP contribution is -2.15. The molecule has 0 atom stereocenters. The van der Waals surface area contributed by atoms with E-state index in [4.69, 9.17) is 14.8 Å². The maximum Gasteiger partial charge on any atom is 0.163 e. The lowest BCUT2D eigenvalue weighted by Gasteiger charge is -2.10. The molecule has 0 amide bonds. The summed E-state index contributed by atoms with van der Waals surface area (Å²) in [6, 6.07) is 20.7. The van der Waals surface area contributed by atoms with E-state index in [-0.39, 0.29) is 0 Å². The average Bonchev–Trinajstić information content (AvgIpc) is 3.11. The Morgan fingerprint density at radius 2 is 1.63 bits per heavy atom. The molecule has 5 heteroatoms. The SMILES string of the molecule is Cc1ccc(-n2nc(-c3ccc(OCCCN(C)C)cc3)c3ccc(C)nc32)cc1. The number of aryl methyl sites for hydroxylation is 2. The number of hydrogen-bond donors (Lipinski definition) is 0. The summed E-state index contributed by atoms with van der Waals surface area (Å²) >= 11 is 0. The summed E-state index contributed by atoms with van der Waals surface area (Å²) < 4.78 is 7.80. The first-order chi connectivity index (χ1) is 14.5. The smallest absolute Gasteiger partial charge is 0.163 e. The molecule has 5 nitrogen and oxygen atoms in total. The largest absolute Gasteiger partial charge is 0.494 e. The number of fused-ring (bicyclic) bond motifs is 1. The number of aromatic nitrogens is 3. The highest BCUT2D eigenvalue weighted by atomic mass is 16.5. The van der Waals surface area contributed by atoms with Gasteiger partial charge in [0.05, 0.1) is 12.3 Å². The molecule has 0 saturated heterocycles. The molecule has 2 aromatic carbocycles. The minimum Gasteiger partial charge on any atom is -0.494 e. The number of rotatable bonds is 7. The monoisotopic (exact) mass is 400 g/mol. The number of benzene rings is 2. The molecule has 0 unspecified atom stereocenters. The van der Waals surface area contributed by atoms with Gasteiger partial charge in [-0.3, -0.25) is 0 Å². The van der Waals surface area contributed by atoms with Crippen molar-refractivity contribution in [1.82, 2.24) is 19.7 Å². The van der Waals surface area contributed by atoms with Crippen molar-refractivity contribution in [2.24, 2.45) is 0 Å². The fourth-order valence-electron chi connectivity index (χ4n) is 3.45. The summed E-state index contributed by atoms with van der Waals surface area (Å²) in [4.78, 5) is 6.94. The van der Waals surface area contributed by atoms with Gasteiger partial charge in [0.15, 0.2) is 5.65 Å². The Morgan fingerprint density at radius 1 is 0.900 bits per heavy atom. The highest BCUT2D eigenvalue weighted by Crippen LogP contribution is 2.30. The fraction of sp³-hybridized carbons (Fsp3) is 0.280. The molecular weight excluding hydrogens is 372 g/mol. The molecule has 154 valence electrons. The van der Waals surface area contributed by atoms with Crippen LogP contribution in [0.2, 0.25) is 0 Å². The first-order valence-corrected chi connectivity index (χ1v) is 10.3. The standard InChI is InChI=1S/C25H28N4O/c1-18-6-11-21(12-7-18)29-25-23(15-8-19(2)26-25)24(27-29)20-9-13-22(14-10-20)30-17-5-16-28(3)4/h6-15H,5,16-17H2,1-4H3. The van der Waals surface area contributed by atoms with Crippen LogP contribution in [-0.2, 0) is 0 Å². The second-order valence-corrected chi connectivity index (χ2v) is 7.95. The maximum absolute atomic E-state index is 5.87. The van der Waals surface area contributed by atoms with E-state index in [1.165, 1.54) is 5.56 Å². The molecular formula is C25H28N4O. The molecule has 0 N–H and O–H groups in total. The first kappa shape index (κ1) is 20.1. The van der Waals surface area contributed by atoms with Gasteiger partial charge in [0, 0.05) is 23.2 Å². The summed E-state index contributed by atoms with van der Waals surface area (Å²) in [6.07, 6.45) is 1.01. The fourth-order valence-corrected chi connectivity index (χ4v) is 3.45. The molecule has 0 saturated carbocycles. The molecule has 0 radical (unpaired) electrons. The number of ether oxygens (including phenoxy) is 1. The van der Waals surface area contributed by atoms with Gasteiger partial charge >= 0.3 is 0 Å². The second kappa shape index (κ2) is 8.67. The van der Waals surface area contributed by atoms with Gasteiger partial charge < -0.3 is 9.64 Å². The lowest BCUT2D eigenvalue weighted by molar-refractivity contribution is 0.281. The Bertz CT molecular complexity index is 1130. The third kappa shape index (κ3) is 4.36. The van der Waals surface area contributed by atoms with Crippen LogP contribution in [0.5, 0.6) is 5.75 Å². The Labute approximate surface area is 177 Å². The van der Waals surface area contributed by atoms with Gasteiger partial charge in [0.25, 0.3) is 0 Å². The van der Waals surface area contributed by atoms with E-state index in [0.29, 0.717) is 6.61 Å². The lowest BCUT2D eigenvalue weighted by atomic mass is 10.1. The van der Waals surface area contributed by atoms with Crippen LogP contribution in [0.4, 0.5) is 0 Å². The van der Waals surface area contributed by atoms with Crippen LogP contribution in [0.15, 0.2) is 60.7 Å². The van der Waals surface area contributed by atoms with Crippen molar-refractivity contribution >= 4 is 11.0 Å². The highest BCUT2D eigenvalue weighted by Gasteiger charge is 2.15. The number of hydrogen-bond acceptors (Lipinski definition) is 4. The van der Waals surface area contributed by atoms with Crippen LogP contribution < -0.4 is 4.74 Å². The van der Waals surface area contributed by atoms with Gasteiger partial charge in [-0.1, -0.05) is 17.7 Å². The van der Waals surface area contributed by atoms with E-state index in [9.17, 15) is 0 Å². The summed E-state index contributed by atoms with van der Waals surface area (Å²) in [5.41, 5.74) is 6.06. The Kier molecular flexibility index (Phi) is 5.81. The summed E-state index contributed by atoms with van der Waals surface area (Å²) in [5, 5.41) is 5.98. The summed E-state index contributed by atoms with van der Waals surface area (Å²) in [5.74, 6) is 0.883. The summed E-state index contributed by atoms with van der Waals surface area (Å²) in [6.45, 7) is 5.83. The van der Waals surface area contributed by atoms with E-state index in [1.807, 2.05) is 29.8 Å². The van der Waals surface area contributed by atoms with Crippen LogP contribution in [0.3, 0.4) is 0 Å². The Hall–Kier alpha value is -3.18. The van der Waals surface area contributed by atoms with Gasteiger partial charge in [-0.25, -0.2) is 9.67 Å². The van der Waals surface area contributed by atoms with Crippen molar-refractivity contribution in [3.05, 3.63) is 71.9 Å². The van der Waals surface area contributed by atoms with E-state index in [0.717, 1.165) is 52.4 Å². The molecule has 30 heavy (non-hydrogen) atoms. The molecule has 2 heterocycles. The quantitative estimate of drug-likeness (QED) is 0.408. The predicted molar refractivity (Wildman–Crippen MR) is 122 cm³/mol. The van der Waals surface area contributed by atoms with E-state index >= 15 is 0 Å². The maximum atomic E-state index is 5.87. The Morgan fingerprint density at radius 3 is 2.33 bits per heavy atom. The second-order valence-electron chi connectivity index (χ2n) is 7.95. The van der Waals surface area contributed by atoms with Gasteiger partial charge in [-0.05, 0) is 82.9 Å². The predicted octanol–water partition coefficient (Wildman–Crippen LogP) is 5.03. The topological polar surface area (TPSA) is 43.2 Å². The molecule has 2 aromatic heterocycles. The molecule has 0 spiro atoms. The van der Waals surface area contributed by atoms with Crippen LogP contribution in [0.25, 0.3) is 28.0 Å². The van der Waals surface area contributed by atoms with E-state index < -0.39 is 0 Å².